The first kappa shape index (κ1) is 7.49. The van der Waals surface area contributed by atoms with E-state index in [4.69, 9.17) is 0 Å². The summed E-state index contributed by atoms with van der Waals surface area (Å²) in [6.45, 7) is 4.83. The first-order valence-electron chi connectivity index (χ1n) is 3.94. The molecule has 1 aromatic heterocycles. The molecule has 1 aliphatic heterocycles. The fraction of sp³-hybridized carbons (Fsp3) is 0.500. The molecule has 0 spiro atoms. The first-order chi connectivity index (χ1) is 5.59. The molecule has 1 aliphatic rings. The Hall–Kier alpha value is -1.16. The third-order valence-corrected chi connectivity index (χ3v) is 2.20. The summed E-state index contributed by atoms with van der Waals surface area (Å²) in [5.74, 6) is 0. The largest absolute Gasteiger partial charge is 0.302 e. The van der Waals surface area contributed by atoms with Crippen molar-refractivity contribution in [2.24, 2.45) is 0 Å². The molecule has 0 bridgehead atoms. The van der Waals surface area contributed by atoms with Gasteiger partial charge in [0.2, 0.25) is 0 Å². The van der Waals surface area contributed by atoms with Crippen LogP contribution in [0.5, 0.6) is 0 Å². The van der Waals surface area contributed by atoms with E-state index in [1.807, 2.05) is 13.8 Å². The van der Waals surface area contributed by atoms with Gasteiger partial charge in [-0.25, -0.2) is 5.10 Å². The van der Waals surface area contributed by atoms with Crippen molar-refractivity contribution in [1.29, 1.82) is 0 Å². The topological polar surface area (TPSA) is 57.8 Å². The van der Waals surface area contributed by atoms with Crippen molar-refractivity contribution < 1.29 is 0 Å². The normalized spacial score (nSPS) is 19.2. The minimum atomic E-state index is -0.131. The first-order valence-corrected chi connectivity index (χ1v) is 3.94. The molecule has 12 heavy (non-hydrogen) atoms. The van der Waals surface area contributed by atoms with E-state index in [1.165, 1.54) is 0 Å². The summed E-state index contributed by atoms with van der Waals surface area (Å²) in [5.41, 5.74) is 1.71. The molecule has 2 N–H and O–H groups in total. The molecule has 0 saturated carbocycles. The molecule has 0 aromatic carbocycles. The summed E-state index contributed by atoms with van der Waals surface area (Å²) in [6.07, 6.45) is 0. The third kappa shape index (κ3) is 0.956. The van der Waals surface area contributed by atoms with Crippen molar-refractivity contribution in [1.82, 2.24) is 15.5 Å². The predicted octanol–water partition coefficient (Wildman–Crippen LogP) is 0.108. The lowest BCUT2D eigenvalue weighted by Crippen LogP contribution is -2.30. The SMILES string of the molecule is CC1(C)NCc2cc(=O)[nH]nc21. The van der Waals surface area contributed by atoms with Crippen LogP contribution in [0.25, 0.3) is 0 Å². The number of H-pyrrole nitrogens is 1. The van der Waals surface area contributed by atoms with Crippen molar-refractivity contribution in [3.63, 3.8) is 0 Å². The molecule has 0 saturated heterocycles. The summed E-state index contributed by atoms with van der Waals surface area (Å²) in [7, 11) is 0. The zero-order chi connectivity index (χ0) is 8.77. The predicted molar refractivity (Wildman–Crippen MR) is 44.7 cm³/mol. The standard InChI is InChI=1S/C8H11N3O/c1-8(2)7-5(4-9-8)3-6(12)10-11-7/h3,9H,4H2,1-2H3,(H,10,12). The lowest BCUT2D eigenvalue weighted by Gasteiger charge is -2.17. The van der Waals surface area contributed by atoms with Crippen molar-refractivity contribution in [3.8, 4) is 0 Å². The number of rotatable bonds is 0. The van der Waals surface area contributed by atoms with Crippen LogP contribution in [0, 0.1) is 0 Å². The molecule has 64 valence electrons. The zero-order valence-corrected chi connectivity index (χ0v) is 7.14. The molecule has 4 heteroatoms. The smallest absolute Gasteiger partial charge is 0.264 e. The summed E-state index contributed by atoms with van der Waals surface area (Å²) in [6, 6.07) is 1.60. The second kappa shape index (κ2) is 2.17. The van der Waals surface area contributed by atoms with E-state index in [9.17, 15) is 4.79 Å². The number of hydrogen-bond donors (Lipinski definition) is 2. The molecule has 0 aliphatic carbocycles. The summed E-state index contributed by atoms with van der Waals surface area (Å²) >= 11 is 0. The highest BCUT2D eigenvalue weighted by molar-refractivity contribution is 5.28. The van der Waals surface area contributed by atoms with E-state index < -0.39 is 0 Å². The maximum Gasteiger partial charge on any atom is 0.264 e. The Morgan fingerprint density at radius 2 is 2.33 bits per heavy atom. The highest BCUT2D eigenvalue weighted by Crippen LogP contribution is 2.26. The van der Waals surface area contributed by atoms with Gasteiger partial charge in [-0.05, 0) is 19.4 Å². The van der Waals surface area contributed by atoms with E-state index in [0.717, 1.165) is 17.8 Å². The number of aromatic amines is 1. The monoisotopic (exact) mass is 165 g/mol. The van der Waals surface area contributed by atoms with Gasteiger partial charge >= 0.3 is 0 Å². The van der Waals surface area contributed by atoms with E-state index in [1.54, 1.807) is 6.07 Å². The Bertz CT molecular complexity index is 367. The van der Waals surface area contributed by atoms with Crippen molar-refractivity contribution in [3.05, 3.63) is 27.7 Å². The summed E-state index contributed by atoms with van der Waals surface area (Å²) in [5, 5.41) is 9.72. The van der Waals surface area contributed by atoms with Gasteiger partial charge in [-0.2, -0.15) is 5.10 Å². The van der Waals surface area contributed by atoms with Crippen molar-refractivity contribution >= 4 is 0 Å². The Morgan fingerprint density at radius 3 is 3.08 bits per heavy atom. The third-order valence-electron chi connectivity index (χ3n) is 2.20. The number of fused-ring (bicyclic) bond motifs is 1. The van der Waals surface area contributed by atoms with Gasteiger partial charge in [0.05, 0.1) is 11.2 Å². The number of hydrogen-bond acceptors (Lipinski definition) is 3. The molecule has 0 unspecified atom stereocenters. The number of aromatic nitrogens is 2. The number of nitrogens with one attached hydrogen (secondary N) is 2. The minimum absolute atomic E-state index is 0.112. The van der Waals surface area contributed by atoms with Crippen LogP contribution in [0.2, 0.25) is 0 Å². The van der Waals surface area contributed by atoms with Gasteiger partial charge in [0, 0.05) is 12.6 Å². The van der Waals surface area contributed by atoms with Crippen LogP contribution >= 0.6 is 0 Å². The van der Waals surface area contributed by atoms with Gasteiger partial charge in [-0.1, -0.05) is 0 Å². The average molecular weight is 165 g/mol. The van der Waals surface area contributed by atoms with E-state index in [0.29, 0.717) is 0 Å². The lowest BCUT2D eigenvalue weighted by atomic mass is 10.0. The average Bonchev–Trinajstić information content (AvgIpc) is 2.27. The molecule has 2 rings (SSSR count). The second-order valence-corrected chi connectivity index (χ2v) is 3.58. The maximum absolute atomic E-state index is 10.9. The van der Waals surface area contributed by atoms with Crippen LogP contribution < -0.4 is 10.9 Å². The highest BCUT2D eigenvalue weighted by atomic mass is 16.1. The molecule has 0 atom stereocenters. The zero-order valence-electron chi connectivity index (χ0n) is 7.14. The van der Waals surface area contributed by atoms with Gasteiger partial charge in [0.25, 0.3) is 5.56 Å². The molecule has 0 amide bonds. The fourth-order valence-electron chi connectivity index (χ4n) is 1.52. The van der Waals surface area contributed by atoms with Gasteiger partial charge in [-0.15, -0.1) is 0 Å². The van der Waals surface area contributed by atoms with Crippen LogP contribution in [0.4, 0.5) is 0 Å². The molecule has 2 heterocycles. The summed E-state index contributed by atoms with van der Waals surface area (Å²) < 4.78 is 0. The van der Waals surface area contributed by atoms with E-state index in [-0.39, 0.29) is 11.1 Å². The maximum atomic E-state index is 10.9. The molecule has 0 fully saturated rings. The van der Waals surface area contributed by atoms with Gasteiger partial charge in [-0.3, -0.25) is 4.79 Å². The van der Waals surface area contributed by atoms with Gasteiger partial charge < -0.3 is 5.32 Å². The van der Waals surface area contributed by atoms with Crippen molar-refractivity contribution in [2.45, 2.75) is 25.9 Å². The van der Waals surface area contributed by atoms with Crippen LogP contribution in [-0.4, -0.2) is 10.2 Å². The summed E-state index contributed by atoms with van der Waals surface area (Å²) in [4.78, 5) is 10.9. The lowest BCUT2D eigenvalue weighted by molar-refractivity contribution is 0.429. The Labute approximate surface area is 70.0 Å². The van der Waals surface area contributed by atoms with Crippen LogP contribution in [0.3, 0.4) is 0 Å². The van der Waals surface area contributed by atoms with Crippen LogP contribution in [0.15, 0.2) is 10.9 Å². The quantitative estimate of drug-likeness (QED) is 0.573. The van der Waals surface area contributed by atoms with Gasteiger partial charge in [0.15, 0.2) is 0 Å². The highest BCUT2D eigenvalue weighted by Gasteiger charge is 2.30. The molecular formula is C8H11N3O. The molecule has 4 nitrogen and oxygen atoms in total. The fourth-order valence-corrected chi connectivity index (χ4v) is 1.52. The van der Waals surface area contributed by atoms with E-state index >= 15 is 0 Å². The second-order valence-electron chi connectivity index (χ2n) is 3.58. The molecular weight excluding hydrogens is 154 g/mol. The Kier molecular flexibility index (Phi) is 1.35. The number of nitrogens with zero attached hydrogens (tertiary/aromatic N) is 1. The Morgan fingerprint density at radius 1 is 1.58 bits per heavy atom. The Balaban J connectivity index is 2.62. The van der Waals surface area contributed by atoms with Crippen molar-refractivity contribution in [2.75, 3.05) is 0 Å². The molecule has 0 radical (unpaired) electrons. The van der Waals surface area contributed by atoms with E-state index in [2.05, 4.69) is 15.5 Å². The van der Waals surface area contributed by atoms with Crippen LogP contribution in [0.1, 0.15) is 25.1 Å². The van der Waals surface area contributed by atoms with Crippen LogP contribution in [-0.2, 0) is 12.1 Å². The molecule has 1 aromatic rings. The van der Waals surface area contributed by atoms with Gasteiger partial charge in [0.1, 0.15) is 0 Å². The minimum Gasteiger partial charge on any atom is -0.302 e.